The summed E-state index contributed by atoms with van der Waals surface area (Å²) in [6.07, 6.45) is 0.824. The van der Waals surface area contributed by atoms with E-state index in [2.05, 4.69) is 19.1 Å². The van der Waals surface area contributed by atoms with Gasteiger partial charge in [-0.2, -0.15) is 0 Å². The molecule has 0 aliphatic rings. The molecule has 1 atom stereocenters. The Morgan fingerprint density at radius 1 is 1.05 bits per heavy atom. The van der Waals surface area contributed by atoms with Crippen LogP contribution in [0.2, 0.25) is 0 Å². The molecular formula is C18H16OS. The van der Waals surface area contributed by atoms with E-state index in [4.69, 9.17) is 0 Å². The lowest BCUT2D eigenvalue weighted by Crippen LogP contribution is -2.12. The van der Waals surface area contributed by atoms with Crippen molar-refractivity contribution < 1.29 is 4.79 Å². The Bertz CT molecular complexity index is 727. The summed E-state index contributed by atoms with van der Waals surface area (Å²) in [6.45, 7) is 2.07. The van der Waals surface area contributed by atoms with Crippen LogP contribution in [0.5, 0.6) is 0 Å². The van der Waals surface area contributed by atoms with Gasteiger partial charge < -0.3 is 0 Å². The summed E-state index contributed by atoms with van der Waals surface area (Å²) in [7, 11) is 0. The van der Waals surface area contributed by atoms with E-state index in [0.717, 1.165) is 27.6 Å². The number of benzene rings is 2. The summed E-state index contributed by atoms with van der Waals surface area (Å²) in [5.41, 5.74) is 1.96. The van der Waals surface area contributed by atoms with Gasteiger partial charge in [0.2, 0.25) is 0 Å². The van der Waals surface area contributed by atoms with Crippen LogP contribution in [0.15, 0.2) is 60.0 Å². The van der Waals surface area contributed by atoms with Crippen molar-refractivity contribution in [3.63, 3.8) is 0 Å². The Kier molecular flexibility index (Phi) is 3.66. The van der Waals surface area contributed by atoms with Gasteiger partial charge in [0.25, 0.3) is 0 Å². The van der Waals surface area contributed by atoms with Crippen LogP contribution < -0.4 is 0 Å². The molecule has 1 unspecified atom stereocenters. The van der Waals surface area contributed by atoms with Gasteiger partial charge in [-0.05, 0) is 34.9 Å². The second kappa shape index (κ2) is 5.59. The molecule has 0 aliphatic heterocycles. The molecule has 20 heavy (non-hydrogen) atoms. The summed E-state index contributed by atoms with van der Waals surface area (Å²) in [4.78, 5) is 12.9. The van der Waals surface area contributed by atoms with Gasteiger partial charge in [0.05, 0.1) is 0 Å². The summed E-state index contributed by atoms with van der Waals surface area (Å²) < 4.78 is 1.10. The van der Waals surface area contributed by atoms with E-state index in [1.54, 1.807) is 11.3 Å². The predicted octanol–water partition coefficient (Wildman–Crippen LogP) is 5.28. The topological polar surface area (TPSA) is 17.1 Å². The highest BCUT2D eigenvalue weighted by Crippen LogP contribution is 2.30. The molecule has 2 heteroatoms. The molecule has 0 saturated carbocycles. The van der Waals surface area contributed by atoms with E-state index in [9.17, 15) is 4.79 Å². The number of carbonyl (C=O) groups is 1. The standard InChI is InChI=1S/C18H16OS/c1-2-15(13-7-4-3-5-8-13)17(19)16-10-6-9-14-11-12-20-18(14)16/h3-12,15H,2H2,1H3. The molecule has 0 aliphatic carbocycles. The first-order chi connectivity index (χ1) is 9.81. The molecule has 1 aromatic heterocycles. The average Bonchev–Trinajstić information content (AvgIpc) is 2.97. The summed E-state index contributed by atoms with van der Waals surface area (Å²) in [6, 6.07) is 18.1. The van der Waals surface area contributed by atoms with Crippen LogP contribution >= 0.6 is 11.3 Å². The van der Waals surface area contributed by atoms with Gasteiger partial charge in [-0.1, -0.05) is 49.4 Å². The van der Waals surface area contributed by atoms with E-state index in [1.807, 2.05) is 47.8 Å². The number of thiophene rings is 1. The molecule has 0 N–H and O–H groups in total. The maximum absolute atomic E-state index is 12.9. The Morgan fingerprint density at radius 2 is 1.85 bits per heavy atom. The number of ketones is 1. The fourth-order valence-electron chi connectivity index (χ4n) is 2.63. The second-order valence-corrected chi connectivity index (χ2v) is 5.80. The quantitative estimate of drug-likeness (QED) is 0.594. The van der Waals surface area contributed by atoms with Gasteiger partial charge in [-0.25, -0.2) is 0 Å². The Hall–Kier alpha value is -1.93. The molecule has 0 amide bonds. The Balaban J connectivity index is 2.05. The summed E-state index contributed by atoms with van der Waals surface area (Å²) in [5.74, 6) is 0.177. The van der Waals surface area contributed by atoms with Crippen LogP contribution in [0.4, 0.5) is 0 Å². The molecule has 1 heterocycles. The van der Waals surface area contributed by atoms with Gasteiger partial charge in [-0.15, -0.1) is 11.3 Å². The van der Waals surface area contributed by atoms with E-state index in [1.165, 1.54) is 0 Å². The van der Waals surface area contributed by atoms with Crippen molar-refractivity contribution >= 4 is 27.2 Å². The molecule has 0 bridgehead atoms. The third kappa shape index (κ3) is 2.27. The SMILES string of the molecule is CCC(C(=O)c1cccc2ccsc12)c1ccccc1. The summed E-state index contributed by atoms with van der Waals surface area (Å²) >= 11 is 1.64. The Morgan fingerprint density at radius 3 is 2.60 bits per heavy atom. The van der Waals surface area contributed by atoms with Crippen LogP contribution in [0.1, 0.15) is 35.2 Å². The lowest BCUT2D eigenvalue weighted by molar-refractivity contribution is 0.0959. The van der Waals surface area contributed by atoms with Crippen LogP contribution in [0, 0.1) is 0 Å². The van der Waals surface area contributed by atoms with Gasteiger partial charge >= 0.3 is 0 Å². The molecule has 100 valence electrons. The van der Waals surface area contributed by atoms with Gasteiger partial charge in [0.15, 0.2) is 5.78 Å². The largest absolute Gasteiger partial charge is 0.293 e. The lowest BCUT2D eigenvalue weighted by Gasteiger charge is -2.14. The second-order valence-electron chi connectivity index (χ2n) is 4.88. The van der Waals surface area contributed by atoms with Gasteiger partial charge in [0, 0.05) is 16.2 Å². The number of hydrogen-bond donors (Lipinski definition) is 0. The van der Waals surface area contributed by atoms with Crippen molar-refractivity contribution in [1.29, 1.82) is 0 Å². The van der Waals surface area contributed by atoms with Crippen LogP contribution in [-0.4, -0.2) is 5.78 Å². The molecule has 3 aromatic rings. The van der Waals surface area contributed by atoms with Crippen molar-refractivity contribution in [2.75, 3.05) is 0 Å². The number of carbonyl (C=O) groups excluding carboxylic acids is 1. The van der Waals surface area contributed by atoms with Gasteiger partial charge in [-0.3, -0.25) is 4.79 Å². The van der Waals surface area contributed by atoms with E-state index in [-0.39, 0.29) is 11.7 Å². The maximum atomic E-state index is 12.9. The van der Waals surface area contributed by atoms with E-state index < -0.39 is 0 Å². The fraction of sp³-hybridized carbons (Fsp3) is 0.167. The van der Waals surface area contributed by atoms with Crippen molar-refractivity contribution in [2.45, 2.75) is 19.3 Å². The molecule has 2 aromatic carbocycles. The van der Waals surface area contributed by atoms with Crippen molar-refractivity contribution in [1.82, 2.24) is 0 Å². The first-order valence-corrected chi connectivity index (χ1v) is 7.74. The average molecular weight is 280 g/mol. The normalized spacial score (nSPS) is 12.4. The minimum Gasteiger partial charge on any atom is -0.293 e. The molecule has 0 spiro atoms. The zero-order valence-corrected chi connectivity index (χ0v) is 12.2. The van der Waals surface area contributed by atoms with Crippen LogP contribution in [-0.2, 0) is 0 Å². The number of rotatable bonds is 4. The van der Waals surface area contributed by atoms with Crippen LogP contribution in [0.3, 0.4) is 0 Å². The molecular weight excluding hydrogens is 264 g/mol. The zero-order valence-electron chi connectivity index (χ0n) is 11.4. The Labute approximate surface area is 122 Å². The third-order valence-corrected chi connectivity index (χ3v) is 4.63. The fourth-order valence-corrected chi connectivity index (χ4v) is 3.55. The molecule has 0 fully saturated rings. The summed E-state index contributed by atoms with van der Waals surface area (Å²) in [5, 5.41) is 3.20. The minimum absolute atomic E-state index is 0.0519. The smallest absolute Gasteiger partial charge is 0.171 e. The number of Topliss-reactive ketones (excluding diaryl/α,β-unsaturated/α-hetero) is 1. The third-order valence-electron chi connectivity index (χ3n) is 3.67. The first-order valence-electron chi connectivity index (χ1n) is 6.86. The molecule has 0 saturated heterocycles. The molecule has 0 radical (unpaired) electrons. The van der Waals surface area contributed by atoms with Crippen molar-refractivity contribution in [2.24, 2.45) is 0 Å². The van der Waals surface area contributed by atoms with Gasteiger partial charge in [0.1, 0.15) is 0 Å². The van der Waals surface area contributed by atoms with E-state index >= 15 is 0 Å². The monoisotopic (exact) mass is 280 g/mol. The van der Waals surface area contributed by atoms with Crippen molar-refractivity contribution in [3.05, 3.63) is 71.1 Å². The first kappa shape index (κ1) is 13.1. The highest BCUT2D eigenvalue weighted by atomic mass is 32.1. The highest BCUT2D eigenvalue weighted by Gasteiger charge is 2.21. The molecule has 1 nitrogen and oxygen atoms in total. The lowest BCUT2D eigenvalue weighted by atomic mass is 9.88. The van der Waals surface area contributed by atoms with Crippen LogP contribution in [0.25, 0.3) is 10.1 Å². The van der Waals surface area contributed by atoms with E-state index in [0.29, 0.717) is 0 Å². The predicted molar refractivity (Wildman–Crippen MR) is 85.6 cm³/mol. The number of fused-ring (bicyclic) bond motifs is 1. The minimum atomic E-state index is -0.0519. The molecule has 3 rings (SSSR count). The van der Waals surface area contributed by atoms with Crippen molar-refractivity contribution in [3.8, 4) is 0 Å². The number of hydrogen-bond acceptors (Lipinski definition) is 2. The zero-order chi connectivity index (χ0) is 13.9. The maximum Gasteiger partial charge on any atom is 0.171 e. The highest BCUT2D eigenvalue weighted by molar-refractivity contribution is 7.17.